The number of nitrogens with zero attached hydrogens (tertiary/aromatic N) is 5. The lowest BCUT2D eigenvalue weighted by atomic mass is 10.1. The average molecular weight is 371 g/mol. The normalized spacial score (nSPS) is 14.6. The molecule has 1 saturated heterocycles. The fraction of sp³-hybridized carbons (Fsp3) is 0.333. The Hall–Kier alpha value is -2.48. The summed E-state index contributed by atoms with van der Waals surface area (Å²) >= 11 is 1.52. The maximum Gasteiger partial charge on any atom is 0.237 e. The van der Waals surface area contributed by atoms with Gasteiger partial charge in [0, 0.05) is 24.7 Å². The Morgan fingerprint density at radius 3 is 2.85 bits per heavy atom. The van der Waals surface area contributed by atoms with E-state index in [9.17, 15) is 4.39 Å². The van der Waals surface area contributed by atoms with E-state index in [1.165, 1.54) is 43.2 Å². The summed E-state index contributed by atoms with van der Waals surface area (Å²) in [5.74, 6) is 2.01. The van der Waals surface area contributed by atoms with Crippen LogP contribution in [0.2, 0.25) is 0 Å². The second-order valence-corrected chi connectivity index (χ2v) is 7.07. The highest BCUT2D eigenvalue weighted by Crippen LogP contribution is 2.25. The van der Waals surface area contributed by atoms with Crippen LogP contribution in [0.4, 0.5) is 10.2 Å². The number of benzene rings is 1. The van der Waals surface area contributed by atoms with Gasteiger partial charge in [-0.15, -0.1) is 0 Å². The first kappa shape index (κ1) is 17.0. The van der Waals surface area contributed by atoms with E-state index in [4.69, 9.17) is 4.52 Å². The molecule has 4 rings (SSSR count). The molecule has 0 unspecified atom stereocenters. The molecule has 0 atom stereocenters. The summed E-state index contributed by atoms with van der Waals surface area (Å²) < 4.78 is 18.6. The fourth-order valence-electron chi connectivity index (χ4n) is 2.90. The maximum atomic E-state index is 13.3. The van der Waals surface area contributed by atoms with Crippen molar-refractivity contribution in [3.05, 3.63) is 48.4 Å². The maximum absolute atomic E-state index is 13.3. The predicted molar refractivity (Wildman–Crippen MR) is 97.3 cm³/mol. The zero-order valence-electron chi connectivity index (χ0n) is 14.1. The summed E-state index contributed by atoms with van der Waals surface area (Å²) in [6, 6.07) is 8.14. The van der Waals surface area contributed by atoms with Crippen LogP contribution in [0.1, 0.15) is 25.2 Å². The van der Waals surface area contributed by atoms with Gasteiger partial charge < -0.3 is 9.42 Å². The van der Waals surface area contributed by atoms with Crippen molar-refractivity contribution >= 4 is 17.6 Å². The molecule has 0 amide bonds. The Kier molecular flexibility index (Phi) is 5.10. The Bertz CT molecular complexity index is 881. The van der Waals surface area contributed by atoms with Crippen LogP contribution in [0.3, 0.4) is 0 Å². The molecule has 1 aromatic carbocycles. The van der Waals surface area contributed by atoms with Crippen LogP contribution in [0, 0.1) is 5.82 Å². The van der Waals surface area contributed by atoms with Crippen LogP contribution >= 0.6 is 11.8 Å². The highest BCUT2D eigenvalue weighted by molar-refractivity contribution is 7.98. The van der Waals surface area contributed by atoms with E-state index in [1.807, 2.05) is 6.07 Å². The lowest BCUT2D eigenvalue weighted by molar-refractivity contribution is 0.391. The van der Waals surface area contributed by atoms with Crippen LogP contribution in [-0.4, -0.2) is 33.2 Å². The highest BCUT2D eigenvalue weighted by Gasteiger charge is 2.14. The van der Waals surface area contributed by atoms with Gasteiger partial charge in [0.1, 0.15) is 23.0 Å². The number of thioether (sulfide) groups is 1. The molecule has 0 spiro atoms. The molecule has 8 heteroatoms. The molecule has 0 saturated carbocycles. The third-order valence-electron chi connectivity index (χ3n) is 4.20. The second-order valence-electron chi connectivity index (χ2n) is 6.07. The van der Waals surface area contributed by atoms with Crippen molar-refractivity contribution in [2.45, 2.75) is 30.0 Å². The van der Waals surface area contributed by atoms with E-state index in [0.29, 0.717) is 23.0 Å². The van der Waals surface area contributed by atoms with Gasteiger partial charge in [0.15, 0.2) is 0 Å². The Morgan fingerprint density at radius 1 is 1.12 bits per heavy atom. The Balaban J connectivity index is 1.41. The molecule has 134 valence electrons. The molecular formula is C18H18FN5OS. The number of halogens is 1. The standard InChI is InChI=1S/C18H18FN5OS/c19-14-6-4-5-13(9-14)18-22-16(25-23-18)11-26-17-10-15(20-12-21-17)24-7-2-1-3-8-24/h4-6,9-10,12H,1-3,7-8,11H2. The zero-order valence-corrected chi connectivity index (χ0v) is 15.0. The van der Waals surface area contributed by atoms with E-state index in [0.717, 1.165) is 23.9 Å². The topological polar surface area (TPSA) is 67.9 Å². The van der Waals surface area contributed by atoms with Gasteiger partial charge in [-0.05, 0) is 31.4 Å². The Labute approximate surface area is 154 Å². The average Bonchev–Trinajstić information content (AvgIpc) is 3.16. The van der Waals surface area contributed by atoms with Crippen molar-refractivity contribution in [3.8, 4) is 11.4 Å². The van der Waals surface area contributed by atoms with Gasteiger partial charge in [0.05, 0.1) is 5.75 Å². The molecule has 1 fully saturated rings. The number of hydrogen-bond acceptors (Lipinski definition) is 7. The molecule has 0 bridgehead atoms. The quantitative estimate of drug-likeness (QED) is 0.497. The van der Waals surface area contributed by atoms with Gasteiger partial charge in [0.2, 0.25) is 11.7 Å². The van der Waals surface area contributed by atoms with Crippen LogP contribution in [0.15, 0.2) is 46.2 Å². The number of aromatic nitrogens is 4. The number of anilines is 1. The summed E-state index contributed by atoms with van der Waals surface area (Å²) in [6.07, 6.45) is 5.29. The largest absolute Gasteiger partial charge is 0.356 e. The lowest BCUT2D eigenvalue weighted by Crippen LogP contribution is -2.30. The van der Waals surface area contributed by atoms with Crippen LogP contribution in [0.25, 0.3) is 11.4 Å². The summed E-state index contributed by atoms with van der Waals surface area (Å²) in [5, 5.41) is 4.79. The van der Waals surface area contributed by atoms with Gasteiger partial charge >= 0.3 is 0 Å². The van der Waals surface area contributed by atoms with Crippen LogP contribution in [-0.2, 0) is 5.75 Å². The molecule has 3 heterocycles. The van der Waals surface area contributed by atoms with Gasteiger partial charge in [-0.1, -0.05) is 29.1 Å². The van der Waals surface area contributed by atoms with E-state index >= 15 is 0 Å². The number of hydrogen-bond donors (Lipinski definition) is 0. The van der Waals surface area contributed by atoms with Gasteiger partial charge in [-0.2, -0.15) is 4.98 Å². The van der Waals surface area contributed by atoms with E-state index in [-0.39, 0.29) is 5.82 Å². The smallest absolute Gasteiger partial charge is 0.237 e. The minimum atomic E-state index is -0.325. The number of piperidine rings is 1. The Morgan fingerprint density at radius 2 is 2.00 bits per heavy atom. The minimum Gasteiger partial charge on any atom is -0.356 e. The van der Waals surface area contributed by atoms with Gasteiger partial charge in [-0.3, -0.25) is 0 Å². The summed E-state index contributed by atoms with van der Waals surface area (Å²) in [7, 11) is 0. The molecule has 0 N–H and O–H groups in total. The predicted octanol–water partition coefficient (Wildman–Crippen LogP) is 3.95. The van der Waals surface area contributed by atoms with Crippen molar-refractivity contribution in [2.24, 2.45) is 0 Å². The van der Waals surface area contributed by atoms with Crippen molar-refractivity contribution < 1.29 is 8.91 Å². The molecular weight excluding hydrogens is 353 g/mol. The van der Waals surface area contributed by atoms with Crippen molar-refractivity contribution in [1.29, 1.82) is 0 Å². The monoisotopic (exact) mass is 371 g/mol. The molecule has 1 aliphatic heterocycles. The first-order chi connectivity index (χ1) is 12.8. The molecule has 0 radical (unpaired) electrons. The summed E-state index contributed by atoms with van der Waals surface area (Å²) in [5.41, 5.74) is 0.597. The summed E-state index contributed by atoms with van der Waals surface area (Å²) in [6.45, 7) is 2.09. The van der Waals surface area contributed by atoms with E-state index < -0.39 is 0 Å². The lowest BCUT2D eigenvalue weighted by Gasteiger charge is -2.27. The van der Waals surface area contributed by atoms with Gasteiger partial charge in [0.25, 0.3) is 0 Å². The second kappa shape index (κ2) is 7.82. The van der Waals surface area contributed by atoms with Crippen molar-refractivity contribution in [3.63, 3.8) is 0 Å². The first-order valence-electron chi connectivity index (χ1n) is 8.56. The van der Waals surface area contributed by atoms with Crippen LogP contribution in [0.5, 0.6) is 0 Å². The SMILES string of the molecule is Fc1cccc(-c2noc(CSc3cc(N4CCCCC4)ncn3)n2)c1. The van der Waals surface area contributed by atoms with Crippen molar-refractivity contribution in [1.82, 2.24) is 20.1 Å². The number of rotatable bonds is 5. The molecule has 2 aromatic heterocycles. The minimum absolute atomic E-state index is 0.325. The highest BCUT2D eigenvalue weighted by atomic mass is 32.2. The molecule has 6 nitrogen and oxygen atoms in total. The molecule has 1 aliphatic rings. The third-order valence-corrected chi connectivity index (χ3v) is 5.11. The van der Waals surface area contributed by atoms with E-state index in [1.54, 1.807) is 18.5 Å². The fourth-order valence-corrected chi connectivity index (χ4v) is 3.60. The van der Waals surface area contributed by atoms with Gasteiger partial charge in [-0.25, -0.2) is 14.4 Å². The van der Waals surface area contributed by atoms with E-state index in [2.05, 4.69) is 25.0 Å². The first-order valence-corrected chi connectivity index (χ1v) is 9.55. The summed E-state index contributed by atoms with van der Waals surface area (Å²) in [4.78, 5) is 15.3. The third kappa shape index (κ3) is 4.01. The zero-order chi connectivity index (χ0) is 17.8. The molecule has 3 aromatic rings. The molecule has 26 heavy (non-hydrogen) atoms. The van der Waals surface area contributed by atoms with Crippen molar-refractivity contribution in [2.75, 3.05) is 18.0 Å². The van der Waals surface area contributed by atoms with Crippen LogP contribution < -0.4 is 4.90 Å². The molecule has 0 aliphatic carbocycles.